The summed E-state index contributed by atoms with van der Waals surface area (Å²) in [4.78, 5) is 37.0. The Bertz CT molecular complexity index is 645. The topological polar surface area (TPSA) is 86.7 Å². The van der Waals surface area contributed by atoms with Crippen molar-refractivity contribution in [2.75, 3.05) is 11.4 Å². The first-order valence-corrected chi connectivity index (χ1v) is 7.69. The average molecular weight is 339 g/mol. The largest absolute Gasteiger partial charge is 0.481 e. The molecule has 1 aromatic carbocycles. The van der Waals surface area contributed by atoms with E-state index < -0.39 is 23.3 Å². The Labute approximate surface area is 139 Å². The van der Waals surface area contributed by atoms with E-state index >= 15 is 0 Å². The lowest BCUT2D eigenvalue weighted by atomic mass is 9.89. The van der Waals surface area contributed by atoms with Crippen molar-refractivity contribution in [3.63, 3.8) is 0 Å². The number of hydrogen-bond donors (Lipinski definition) is 2. The van der Waals surface area contributed by atoms with Crippen molar-refractivity contribution >= 4 is 35.1 Å². The van der Waals surface area contributed by atoms with Crippen LogP contribution in [-0.4, -0.2) is 35.5 Å². The zero-order valence-corrected chi connectivity index (χ0v) is 13.8. The molecule has 0 aromatic heterocycles. The van der Waals surface area contributed by atoms with E-state index in [1.807, 2.05) is 0 Å². The first-order valence-electron chi connectivity index (χ1n) is 7.31. The van der Waals surface area contributed by atoms with E-state index in [9.17, 15) is 14.4 Å². The van der Waals surface area contributed by atoms with Crippen LogP contribution in [0.1, 0.15) is 26.7 Å². The molecular formula is C16H19ClN2O4. The number of anilines is 1. The van der Waals surface area contributed by atoms with E-state index in [1.165, 1.54) is 18.7 Å². The fourth-order valence-electron chi connectivity index (χ4n) is 2.45. The van der Waals surface area contributed by atoms with Gasteiger partial charge in [0.05, 0.1) is 16.1 Å². The van der Waals surface area contributed by atoms with Gasteiger partial charge in [-0.1, -0.05) is 23.7 Å². The van der Waals surface area contributed by atoms with Gasteiger partial charge in [0.25, 0.3) is 0 Å². The number of amides is 2. The minimum atomic E-state index is -1.17. The van der Waals surface area contributed by atoms with Crippen molar-refractivity contribution in [2.24, 2.45) is 5.41 Å². The van der Waals surface area contributed by atoms with Crippen molar-refractivity contribution < 1.29 is 19.5 Å². The molecule has 124 valence electrons. The van der Waals surface area contributed by atoms with Gasteiger partial charge in [0.2, 0.25) is 11.8 Å². The molecule has 0 spiro atoms. The number of carbonyl (C=O) groups is 3. The summed E-state index contributed by atoms with van der Waals surface area (Å²) in [6.07, 6.45) is 0.279. The second-order valence-corrected chi connectivity index (χ2v) is 6.62. The zero-order chi connectivity index (χ0) is 17.2. The maximum atomic E-state index is 12.4. The molecule has 0 bridgehead atoms. The number of rotatable bonds is 5. The van der Waals surface area contributed by atoms with Gasteiger partial charge < -0.3 is 15.3 Å². The summed E-state index contributed by atoms with van der Waals surface area (Å²) in [5.74, 6) is -1.74. The Kier molecular flexibility index (Phi) is 4.94. The molecule has 1 aromatic rings. The number of nitrogens with one attached hydrogen (secondary N) is 1. The molecule has 2 amide bonds. The Morgan fingerprint density at radius 2 is 2.04 bits per heavy atom. The summed E-state index contributed by atoms with van der Waals surface area (Å²) in [5, 5.41) is 12.1. The minimum absolute atomic E-state index is 0.182. The molecule has 1 saturated heterocycles. The van der Waals surface area contributed by atoms with E-state index in [1.54, 1.807) is 24.3 Å². The molecule has 1 aliphatic rings. The molecule has 0 aliphatic carbocycles. The number of aliphatic carboxylic acids is 1. The van der Waals surface area contributed by atoms with Crippen LogP contribution in [0, 0.1) is 5.41 Å². The van der Waals surface area contributed by atoms with Crippen molar-refractivity contribution in [3.05, 3.63) is 29.3 Å². The van der Waals surface area contributed by atoms with Gasteiger partial charge in [-0.2, -0.15) is 0 Å². The number of hydrogen-bond acceptors (Lipinski definition) is 3. The number of benzene rings is 1. The molecular weight excluding hydrogens is 320 g/mol. The van der Waals surface area contributed by atoms with E-state index in [0.29, 0.717) is 23.7 Å². The van der Waals surface area contributed by atoms with Crippen LogP contribution in [0.5, 0.6) is 0 Å². The molecule has 1 heterocycles. The van der Waals surface area contributed by atoms with Crippen LogP contribution < -0.4 is 10.2 Å². The Balaban J connectivity index is 2.01. The van der Waals surface area contributed by atoms with E-state index in [0.717, 1.165) is 0 Å². The van der Waals surface area contributed by atoms with Crippen LogP contribution in [0.2, 0.25) is 5.02 Å². The van der Waals surface area contributed by atoms with Gasteiger partial charge in [-0.15, -0.1) is 0 Å². The number of carboxylic acids is 1. The molecule has 1 fully saturated rings. The minimum Gasteiger partial charge on any atom is -0.481 e. The van der Waals surface area contributed by atoms with Gasteiger partial charge >= 0.3 is 5.97 Å². The highest BCUT2D eigenvalue weighted by Gasteiger charge is 2.36. The zero-order valence-electron chi connectivity index (χ0n) is 13.0. The molecule has 0 radical (unpaired) electrons. The lowest BCUT2D eigenvalue weighted by Crippen LogP contribution is -2.43. The maximum Gasteiger partial charge on any atom is 0.309 e. The molecule has 1 atom stereocenters. The first-order chi connectivity index (χ1) is 10.7. The Morgan fingerprint density at radius 3 is 2.65 bits per heavy atom. The third-order valence-corrected chi connectivity index (χ3v) is 4.19. The molecule has 2 rings (SSSR count). The predicted molar refractivity (Wildman–Crippen MR) is 86.4 cm³/mol. The Morgan fingerprint density at radius 1 is 1.39 bits per heavy atom. The summed E-state index contributed by atoms with van der Waals surface area (Å²) in [6, 6.07) is 6.36. The van der Waals surface area contributed by atoms with E-state index in [4.69, 9.17) is 16.7 Å². The number of nitrogens with zero attached hydrogens (tertiary/aromatic N) is 1. The van der Waals surface area contributed by atoms with E-state index in [2.05, 4.69) is 5.32 Å². The van der Waals surface area contributed by atoms with Crippen molar-refractivity contribution in [1.29, 1.82) is 0 Å². The summed E-state index contributed by atoms with van der Waals surface area (Å²) < 4.78 is 0. The maximum absolute atomic E-state index is 12.4. The SMILES string of the molecule is CC(C)(CC(=O)NC1CCN(c2ccccc2Cl)C1=O)C(=O)O. The lowest BCUT2D eigenvalue weighted by Gasteiger charge is -2.21. The molecule has 7 heteroatoms. The molecule has 23 heavy (non-hydrogen) atoms. The van der Waals surface area contributed by atoms with Gasteiger partial charge in [0, 0.05) is 13.0 Å². The molecule has 2 N–H and O–H groups in total. The van der Waals surface area contributed by atoms with Crippen molar-refractivity contribution in [3.8, 4) is 0 Å². The van der Waals surface area contributed by atoms with Gasteiger partial charge in [0.15, 0.2) is 0 Å². The van der Waals surface area contributed by atoms with Crippen LogP contribution in [-0.2, 0) is 14.4 Å². The third-order valence-electron chi connectivity index (χ3n) is 3.87. The van der Waals surface area contributed by atoms with E-state index in [-0.39, 0.29) is 12.3 Å². The fraction of sp³-hybridized carbons (Fsp3) is 0.438. The quantitative estimate of drug-likeness (QED) is 0.860. The second-order valence-electron chi connectivity index (χ2n) is 6.22. The summed E-state index contributed by atoms with van der Waals surface area (Å²) in [6.45, 7) is 3.40. The number of halogens is 1. The monoisotopic (exact) mass is 338 g/mol. The predicted octanol–water partition coefficient (Wildman–Crippen LogP) is 2.06. The molecule has 0 saturated carbocycles. The highest BCUT2D eigenvalue weighted by molar-refractivity contribution is 6.34. The number of carboxylic acid groups (broad SMARTS) is 1. The normalized spacial score (nSPS) is 18.1. The number of carbonyl (C=O) groups excluding carboxylic acids is 2. The first kappa shape index (κ1) is 17.3. The standard InChI is InChI=1S/C16H19ClN2O4/c1-16(2,15(22)23)9-13(20)18-11-7-8-19(14(11)21)12-6-4-3-5-10(12)17/h3-6,11H,7-9H2,1-2H3,(H,18,20)(H,22,23). The summed E-state index contributed by atoms with van der Waals surface area (Å²) in [5.41, 5.74) is -0.560. The van der Waals surface area contributed by atoms with Crippen molar-refractivity contribution in [2.45, 2.75) is 32.7 Å². The van der Waals surface area contributed by atoms with Crippen LogP contribution in [0.4, 0.5) is 5.69 Å². The highest BCUT2D eigenvalue weighted by atomic mass is 35.5. The van der Waals surface area contributed by atoms with Gasteiger partial charge in [0.1, 0.15) is 6.04 Å². The van der Waals surface area contributed by atoms with Crippen molar-refractivity contribution in [1.82, 2.24) is 5.32 Å². The fourth-order valence-corrected chi connectivity index (χ4v) is 2.68. The molecule has 1 unspecified atom stereocenters. The number of para-hydroxylation sites is 1. The van der Waals surface area contributed by atoms with Gasteiger partial charge in [-0.25, -0.2) is 0 Å². The second kappa shape index (κ2) is 6.58. The van der Waals surface area contributed by atoms with Crippen LogP contribution in [0.25, 0.3) is 0 Å². The van der Waals surface area contributed by atoms with Crippen LogP contribution in [0.15, 0.2) is 24.3 Å². The smallest absolute Gasteiger partial charge is 0.309 e. The average Bonchev–Trinajstić information content (AvgIpc) is 2.80. The van der Waals surface area contributed by atoms with Gasteiger partial charge in [-0.05, 0) is 32.4 Å². The molecule has 1 aliphatic heterocycles. The summed E-state index contributed by atoms with van der Waals surface area (Å²) in [7, 11) is 0. The Hall–Kier alpha value is -2.08. The highest BCUT2D eigenvalue weighted by Crippen LogP contribution is 2.29. The van der Waals surface area contributed by atoms with Crippen LogP contribution >= 0.6 is 11.6 Å². The third kappa shape index (κ3) is 3.82. The summed E-state index contributed by atoms with van der Waals surface area (Å²) >= 11 is 6.10. The van der Waals surface area contributed by atoms with Gasteiger partial charge in [-0.3, -0.25) is 14.4 Å². The van der Waals surface area contributed by atoms with Crippen LogP contribution in [0.3, 0.4) is 0 Å². The lowest BCUT2D eigenvalue weighted by molar-refractivity contribution is -0.149. The molecule has 6 nitrogen and oxygen atoms in total.